The first kappa shape index (κ1) is 13.6. The van der Waals surface area contributed by atoms with E-state index in [1.54, 1.807) is 24.3 Å². The van der Waals surface area contributed by atoms with E-state index < -0.39 is 17.7 Å². The number of carboxylic acid groups (broad SMARTS) is 1. The predicted octanol–water partition coefficient (Wildman–Crippen LogP) is 2.45. The third-order valence-corrected chi connectivity index (χ3v) is 2.46. The van der Waals surface area contributed by atoms with Gasteiger partial charge < -0.3 is 10.8 Å². The fourth-order valence-electron chi connectivity index (χ4n) is 1.81. The molecule has 1 atom stereocenters. The van der Waals surface area contributed by atoms with Gasteiger partial charge in [0.15, 0.2) is 0 Å². The van der Waals surface area contributed by atoms with Crippen LogP contribution in [0.25, 0.3) is 0 Å². The second-order valence-corrected chi connectivity index (χ2v) is 4.80. The van der Waals surface area contributed by atoms with Crippen LogP contribution < -0.4 is 5.73 Å². The molecule has 0 radical (unpaired) electrons. The van der Waals surface area contributed by atoms with Crippen LogP contribution in [0, 0.1) is 0 Å². The molecule has 94 valence electrons. The van der Waals surface area contributed by atoms with Gasteiger partial charge >= 0.3 is 5.97 Å². The summed E-state index contributed by atoms with van der Waals surface area (Å²) in [6, 6.07) is 6.54. The Bertz CT molecular complexity index is 399. The van der Waals surface area contributed by atoms with E-state index in [2.05, 4.69) is 0 Å². The van der Waals surface area contributed by atoms with E-state index in [0.29, 0.717) is 5.56 Å². The average Bonchev–Trinajstić information content (AvgIpc) is 2.14. The molecule has 3 N–H and O–H groups in total. The highest BCUT2D eigenvalue weighted by molar-refractivity contribution is 5.68. The summed E-state index contributed by atoms with van der Waals surface area (Å²) in [6.07, 6.45) is 0.0836. The summed E-state index contributed by atoms with van der Waals surface area (Å²) in [4.78, 5) is 10.6. The number of rotatable bonds is 5. The van der Waals surface area contributed by atoms with Crippen molar-refractivity contribution < 1.29 is 14.3 Å². The highest BCUT2D eigenvalue weighted by atomic mass is 19.1. The van der Waals surface area contributed by atoms with E-state index in [-0.39, 0.29) is 12.8 Å². The van der Waals surface area contributed by atoms with Crippen LogP contribution in [0.1, 0.15) is 37.4 Å². The number of benzene rings is 1. The van der Waals surface area contributed by atoms with Crippen LogP contribution in [0.4, 0.5) is 4.39 Å². The molecule has 1 aromatic carbocycles. The maximum absolute atomic E-state index is 13.6. The molecule has 4 heteroatoms. The fourth-order valence-corrected chi connectivity index (χ4v) is 1.81. The van der Waals surface area contributed by atoms with Gasteiger partial charge in [0.05, 0.1) is 6.42 Å². The van der Waals surface area contributed by atoms with Gasteiger partial charge in [-0.2, -0.15) is 0 Å². The van der Waals surface area contributed by atoms with Gasteiger partial charge in [-0.1, -0.05) is 24.3 Å². The smallest absolute Gasteiger partial charge is 0.305 e. The van der Waals surface area contributed by atoms with Crippen molar-refractivity contribution in [2.75, 3.05) is 0 Å². The summed E-state index contributed by atoms with van der Waals surface area (Å²) >= 11 is 0. The highest BCUT2D eigenvalue weighted by Crippen LogP contribution is 2.24. The molecule has 0 bridgehead atoms. The first-order valence-corrected chi connectivity index (χ1v) is 5.53. The number of alkyl halides is 1. The Kier molecular flexibility index (Phi) is 4.23. The Morgan fingerprint density at radius 3 is 2.59 bits per heavy atom. The van der Waals surface area contributed by atoms with Crippen molar-refractivity contribution in [3.63, 3.8) is 0 Å². The zero-order valence-electron chi connectivity index (χ0n) is 10.1. The van der Waals surface area contributed by atoms with Crippen molar-refractivity contribution in [3.05, 3.63) is 35.4 Å². The molecule has 1 rings (SSSR count). The second-order valence-electron chi connectivity index (χ2n) is 4.80. The predicted molar refractivity (Wildman–Crippen MR) is 64.5 cm³/mol. The Morgan fingerprint density at radius 2 is 2.06 bits per heavy atom. The van der Waals surface area contributed by atoms with Gasteiger partial charge in [0, 0.05) is 12.5 Å². The molecule has 1 aromatic rings. The number of nitrogens with two attached hydrogens (primary N) is 1. The van der Waals surface area contributed by atoms with Crippen LogP contribution >= 0.6 is 0 Å². The molecular formula is C13H18FNO2. The zero-order chi connectivity index (χ0) is 13.1. The number of aliphatic carboxylic acids is 1. The molecule has 0 heterocycles. The van der Waals surface area contributed by atoms with Crippen molar-refractivity contribution in [1.29, 1.82) is 0 Å². The largest absolute Gasteiger partial charge is 0.481 e. The first-order valence-electron chi connectivity index (χ1n) is 5.53. The van der Waals surface area contributed by atoms with Gasteiger partial charge in [0.25, 0.3) is 0 Å². The molecule has 0 aliphatic rings. The lowest BCUT2D eigenvalue weighted by Gasteiger charge is -2.19. The molecule has 0 saturated carbocycles. The summed E-state index contributed by atoms with van der Waals surface area (Å²) in [5.41, 5.74) is 5.96. The lowest BCUT2D eigenvalue weighted by Crippen LogP contribution is -2.21. The number of halogens is 1. The van der Waals surface area contributed by atoms with Gasteiger partial charge in [-0.25, -0.2) is 4.39 Å². The number of hydrogen-bond acceptors (Lipinski definition) is 2. The minimum Gasteiger partial charge on any atom is -0.481 e. The van der Waals surface area contributed by atoms with E-state index in [4.69, 9.17) is 10.8 Å². The van der Waals surface area contributed by atoms with Crippen LogP contribution in [-0.4, -0.2) is 16.7 Å². The van der Waals surface area contributed by atoms with Gasteiger partial charge in [-0.05, 0) is 25.0 Å². The molecule has 0 fully saturated rings. The lowest BCUT2D eigenvalue weighted by atomic mass is 9.92. The van der Waals surface area contributed by atoms with Crippen molar-refractivity contribution in [2.45, 2.75) is 38.4 Å². The van der Waals surface area contributed by atoms with Crippen LogP contribution in [0.2, 0.25) is 0 Å². The number of hydrogen-bond donors (Lipinski definition) is 2. The molecule has 0 saturated heterocycles. The Morgan fingerprint density at radius 1 is 1.47 bits per heavy atom. The maximum atomic E-state index is 13.6. The van der Waals surface area contributed by atoms with Crippen LogP contribution in [-0.2, 0) is 11.2 Å². The van der Waals surface area contributed by atoms with Gasteiger partial charge in [-0.15, -0.1) is 0 Å². The molecule has 3 nitrogen and oxygen atoms in total. The quantitative estimate of drug-likeness (QED) is 0.829. The SMILES string of the molecule is CC(C)(F)Cc1ccccc1C(N)CC(=O)O. The number of carbonyl (C=O) groups is 1. The minimum absolute atomic E-state index is 0.149. The van der Waals surface area contributed by atoms with E-state index in [0.717, 1.165) is 5.56 Å². The lowest BCUT2D eigenvalue weighted by molar-refractivity contribution is -0.137. The molecule has 17 heavy (non-hydrogen) atoms. The highest BCUT2D eigenvalue weighted by Gasteiger charge is 2.21. The molecule has 0 amide bonds. The van der Waals surface area contributed by atoms with E-state index in [1.807, 2.05) is 0 Å². The Hall–Kier alpha value is -1.42. The third-order valence-electron chi connectivity index (χ3n) is 2.46. The minimum atomic E-state index is -1.33. The Labute approximate surface area is 100 Å². The molecule has 0 aliphatic heterocycles. The molecule has 1 unspecified atom stereocenters. The number of carboxylic acids is 1. The van der Waals surface area contributed by atoms with Gasteiger partial charge in [-0.3, -0.25) is 4.79 Å². The second kappa shape index (κ2) is 5.27. The zero-order valence-corrected chi connectivity index (χ0v) is 10.1. The third kappa shape index (κ3) is 4.53. The van der Waals surface area contributed by atoms with Gasteiger partial charge in [0.1, 0.15) is 5.67 Å². The van der Waals surface area contributed by atoms with Crippen molar-refractivity contribution in [3.8, 4) is 0 Å². The standard InChI is InChI=1S/C13H18FNO2/c1-13(2,14)8-9-5-3-4-6-10(9)11(15)7-12(16)17/h3-6,11H,7-8,15H2,1-2H3,(H,16,17). The normalized spacial score (nSPS) is 13.4. The molecular weight excluding hydrogens is 221 g/mol. The molecule has 0 aromatic heterocycles. The topological polar surface area (TPSA) is 63.3 Å². The Balaban J connectivity index is 2.95. The first-order chi connectivity index (χ1) is 7.79. The summed E-state index contributed by atoms with van der Waals surface area (Å²) in [5.74, 6) is -0.952. The fraction of sp³-hybridized carbons (Fsp3) is 0.462. The van der Waals surface area contributed by atoms with Crippen molar-refractivity contribution >= 4 is 5.97 Å². The monoisotopic (exact) mass is 239 g/mol. The van der Waals surface area contributed by atoms with Crippen molar-refractivity contribution in [1.82, 2.24) is 0 Å². The van der Waals surface area contributed by atoms with Crippen LogP contribution in [0.3, 0.4) is 0 Å². The average molecular weight is 239 g/mol. The maximum Gasteiger partial charge on any atom is 0.305 e. The summed E-state index contributed by atoms with van der Waals surface area (Å²) in [5, 5.41) is 8.71. The van der Waals surface area contributed by atoms with Gasteiger partial charge in [0.2, 0.25) is 0 Å². The van der Waals surface area contributed by atoms with E-state index >= 15 is 0 Å². The molecule has 0 spiro atoms. The summed E-state index contributed by atoms with van der Waals surface area (Å²) in [7, 11) is 0. The molecule has 0 aliphatic carbocycles. The van der Waals surface area contributed by atoms with Crippen LogP contribution in [0.15, 0.2) is 24.3 Å². The van der Waals surface area contributed by atoms with E-state index in [1.165, 1.54) is 13.8 Å². The summed E-state index contributed by atoms with van der Waals surface area (Å²) < 4.78 is 13.6. The summed E-state index contributed by atoms with van der Waals surface area (Å²) in [6.45, 7) is 2.99. The van der Waals surface area contributed by atoms with Crippen LogP contribution in [0.5, 0.6) is 0 Å². The van der Waals surface area contributed by atoms with Crippen molar-refractivity contribution in [2.24, 2.45) is 5.73 Å². The van der Waals surface area contributed by atoms with E-state index in [9.17, 15) is 9.18 Å².